The number of amides is 2. The Balaban J connectivity index is 1.54. The van der Waals surface area contributed by atoms with Crippen LogP contribution in [0.25, 0.3) is 0 Å². The van der Waals surface area contributed by atoms with E-state index in [9.17, 15) is 9.59 Å². The van der Waals surface area contributed by atoms with E-state index < -0.39 is 0 Å². The van der Waals surface area contributed by atoms with E-state index in [1.165, 1.54) is 12.5 Å². The number of hydrogen-bond donors (Lipinski definition) is 1. The van der Waals surface area contributed by atoms with E-state index in [0.717, 1.165) is 38.3 Å². The van der Waals surface area contributed by atoms with Crippen LogP contribution in [0.5, 0.6) is 0 Å². The molecule has 27 heavy (non-hydrogen) atoms. The molecule has 1 fully saturated rings. The second-order valence-electron chi connectivity index (χ2n) is 7.01. The minimum Gasteiger partial charge on any atom is -0.349 e. The average molecular weight is 365 g/mol. The van der Waals surface area contributed by atoms with Crippen molar-refractivity contribution in [3.05, 3.63) is 71.8 Å². The van der Waals surface area contributed by atoms with Gasteiger partial charge in [-0.05, 0) is 11.1 Å². The number of piperazine rings is 1. The summed E-state index contributed by atoms with van der Waals surface area (Å²) < 4.78 is 0. The van der Waals surface area contributed by atoms with E-state index in [0.29, 0.717) is 6.42 Å². The lowest BCUT2D eigenvalue weighted by molar-refractivity contribution is -0.133. The molecule has 142 valence electrons. The third-order valence-electron chi connectivity index (χ3n) is 4.93. The van der Waals surface area contributed by atoms with Crippen LogP contribution in [0.3, 0.4) is 0 Å². The number of nitrogens with zero attached hydrogens (tertiary/aromatic N) is 2. The highest BCUT2D eigenvalue weighted by molar-refractivity contribution is 5.79. The quantitative estimate of drug-likeness (QED) is 0.856. The Morgan fingerprint density at radius 3 is 2.11 bits per heavy atom. The molecule has 2 aromatic rings. The zero-order valence-corrected chi connectivity index (χ0v) is 15.8. The average Bonchev–Trinajstić information content (AvgIpc) is 2.69. The maximum Gasteiger partial charge on any atom is 0.225 e. The van der Waals surface area contributed by atoms with Crippen LogP contribution in [0.2, 0.25) is 0 Å². The second-order valence-corrected chi connectivity index (χ2v) is 7.01. The summed E-state index contributed by atoms with van der Waals surface area (Å²) in [7, 11) is 0. The van der Waals surface area contributed by atoms with Crippen LogP contribution in [-0.4, -0.2) is 47.8 Å². The summed E-state index contributed by atoms with van der Waals surface area (Å²) in [6.07, 6.45) is 0.294. The van der Waals surface area contributed by atoms with Gasteiger partial charge in [0.25, 0.3) is 0 Å². The van der Waals surface area contributed by atoms with Crippen molar-refractivity contribution < 1.29 is 9.59 Å². The summed E-state index contributed by atoms with van der Waals surface area (Å²) in [6, 6.07) is 19.8. The number of hydrogen-bond acceptors (Lipinski definition) is 3. The summed E-state index contributed by atoms with van der Waals surface area (Å²) in [6.45, 7) is 5.61. The first-order valence-corrected chi connectivity index (χ1v) is 9.48. The molecule has 2 aromatic carbocycles. The molecule has 1 aliphatic rings. The third kappa shape index (κ3) is 5.66. The predicted molar refractivity (Wildman–Crippen MR) is 106 cm³/mol. The first kappa shape index (κ1) is 19.1. The number of carbonyl (C=O) groups is 2. The zero-order chi connectivity index (χ0) is 19.1. The van der Waals surface area contributed by atoms with Crippen LogP contribution in [0, 0.1) is 0 Å². The van der Waals surface area contributed by atoms with Crippen molar-refractivity contribution in [3.63, 3.8) is 0 Å². The Hall–Kier alpha value is -2.66. The highest BCUT2D eigenvalue weighted by atomic mass is 16.2. The molecule has 1 atom stereocenters. The summed E-state index contributed by atoms with van der Waals surface area (Å²) in [5.74, 6) is -0.0266. The first-order chi connectivity index (χ1) is 13.1. The molecule has 0 saturated carbocycles. The fourth-order valence-corrected chi connectivity index (χ4v) is 3.48. The van der Waals surface area contributed by atoms with Gasteiger partial charge in [0, 0.05) is 39.6 Å². The first-order valence-electron chi connectivity index (χ1n) is 9.48. The minimum absolute atomic E-state index is 0.0944. The fourth-order valence-electron chi connectivity index (χ4n) is 3.48. The van der Waals surface area contributed by atoms with Crippen LogP contribution < -0.4 is 5.32 Å². The predicted octanol–water partition coefficient (Wildman–Crippen LogP) is 2.60. The lowest BCUT2D eigenvalue weighted by Gasteiger charge is -2.35. The van der Waals surface area contributed by atoms with Gasteiger partial charge in [-0.15, -0.1) is 0 Å². The molecule has 3 rings (SSSR count). The Kier molecular flexibility index (Phi) is 6.60. The largest absolute Gasteiger partial charge is 0.349 e. The van der Waals surface area contributed by atoms with Gasteiger partial charge in [0.15, 0.2) is 0 Å². The van der Waals surface area contributed by atoms with Crippen molar-refractivity contribution in [2.24, 2.45) is 0 Å². The maximum atomic E-state index is 12.8. The highest BCUT2D eigenvalue weighted by Gasteiger charge is 2.24. The summed E-state index contributed by atoms with van der Waals surface area (Å²) >= 11 is 0. The van der Waals surface area contributed by atoms with Crippen molar-refractivity contribution in [1.82, 2.24) is 15.1 Å². The van der Waals surface area contributed by atoms with Gasteiger partial charge < -0.3 is 10.2 Å². The topological polar surface area (TPSA) is 52.7 Å². The number of rotatable bonds is 6. The van der Waals surface area contributed by atoms with E-state index >= 15 is 0 Å². The Morgan fingerprint density at radius 2 is 1.52 bits per heavy atom. The van der Waals surface area contributed by atoms with Crippen LogP contribution in [0.15, 0.2) is 60.7 Å². The normalized spacial score (nSPS) is 16.0. The molecule has 2 amide bonds. The Labute approximate surface area is 161 Å². The van der Waals surface area contributed by atoms with E-state index in [1.807, 2.05) is 41.3 Å². The molecule has 5 heteroatoms. The monoisotopic (exact) mass is 365 g/mol. The molecule has 0 aliphatic carbocycles. The molecule has 1 saturated heterocycles. The van der Waals surface area contributed by atoms with Gasteiger partial charge in [-0.2, -0.15) is 0 Å². The molecule has 1 N–H and O–H groups in total. The lowest BCUT2D eigenvalue weighted by atomic mass is 10.0. The van der Waals surface area contributed by atoms with E-state index in [4.69, 9.17) is 0 Å². The second kappa shape index (κ2) is 9.33. The lowest BCUT2D eigenvalue weighted by Crippen LogP contribution is -2.49. The molecule has 5 nitrogen and oxygen atoms in total. The summed E-state index contributed by atoms with van der Waals surface area (Å²) in [5.41, 5.74) is 2.26. The van der Waals surface area contributed by atoms with Crippen LogP contribution in [0.4, 0.5) is 0 Å². The molecule has 0 aromatic heterocycles. The zero-order valence-electron chi connectivity index (χ0n) is 15.8. The van der Waals surface area contributed by atoms with Gasteiger partial charge in [0.05, 0.1) is 12.5 Å². The molecule has 0 bridgehead atoms. The van der Waals surface area contributed by atoms with E-state index in [2.05, 4.69) is 34.5 Å². The van der Waals surface area contributed by atoms with Gasteiger partial charge in [-0.3, -0.25) is 14.5 Å². The highest BCUT2D eigenvalue weighted by Crippen LogP contribution is 2.19. The van der Waals surface area contributed by atoms with Crippen molar-refractivity contribution in [2.45, 2.75) is 25.9 Å². The standard InChI is InChI=1S/C22H27N3O2/c1-18(26)23-21(20-10-6-3-7-11-20)16-22(27)25-14-12-24(13-15-25)17-19-8-4-2-5-9-19/h2-11,21H,12-17H2,1H3,(H,23,26)/t21-/m1/s1. The molecular formula is C22H27N3O2. The summed E-state index contributed by atoms with van der Waals surface area (Å²) in [5, 5.41) is 2.91. The fraction of sp³-hybridized carbons (Fsp3) is 0.364. The molecule has 1 aliphatic heterocycles. The van der Waals surface area contributed by atoms with E-state index in [1.54, 1.807) is 0 Å². The third-order valence-corrected chi connectivity index (χ3v) is 4.93. The summed E-state index contributed by atoms with van der Waals surface area (Å²) in [4.78, 5) is 28.6. The van der Waals surface area contributed by atoms with Gasteiger partial charge in [-0.1, -0.05) is 60.7 Å². The minimum atomic E-state index is -0.279. The van der Waals surface area contributed by atoms with Gasteiger partial charge in [0.1, 0.15) is 0 Å². The van der Waals surface area contributed by atoms with Crippen LogP contribution in [0.1, 0.15) is 30.5 Å². The van der Waals surface area contributed by atoms with Crippen molar-refractivity contribution in [1.29, 1.82) is 0 Å². The molecule has 0 radical (unpaired) electrons. The SMILES string of the molecule is CC(=O)N[C@H](CC(=O)N1CCN(Cc2ccccc2)CC1)c1ccccc1. The van der Waals surface area contributed by atoms with Crippen LogP contribution >= 0.6 is 0 Å². The van der Waals surface area contributed by atoms with Gasteiger partial charge >= 0.3 is 0 Å². The van der Waals surface area contributed by atoms with Crippen LogP contribution in [-0.2, 0) is 16.1 Å². The smallest absolute Gasteiger partial charge is 0.225 e. The Bertz CT molecular complexity index is 741. The molecule has 0 spiro atoms. The van der Waals surface area contributed by atoms with Crippen molar-refractivity contribution >= 4 is 11.8 Å². The number of benzene rings is 2. The number of carbonyl (C=O) groups excluding carboxylic acids is 2. The molecule has 0 unspecified atom stereocenters. The molecule has 1 heterocycles. The maximum absolute atomic E-state index is 12.8. The van der Waals surface area contributed by atoms with Gasteiger partial charge in [-0.25, -0.2) is 0 Å². The van der Waals surface area contributed by atoms with E-state index in [-0.39, 0.29) is 17.9 Å². The van der Waals surface area contributed by atoms with Crippen molar-refractivity contribution in [3.8, 4) is 0 Å². The Morgan fingerprint density at radius 1 is 0.926 bits per heavy atom. The van der Waals surface area contributed by atoms with Crippen molar-refractivity contribution in [2.75, 3.05) is 26.2 Å². The molecular weight excluding hydrogens is 338 g/mol. The number of nitrogens with one attached hydrogen (secondary N) is 1. The van der Waals surface area contributed by atoms with Gasteiger partial charge in [0.2, 0.25) is 11.8 Å².